The van der Waals surface area contributed by atoms with E-state index in [0.29, 0.717) is 0 Å². The van der Waals surface area contributed by atoms with Crippen LogP contribution in [0.25, 0.3) is 0 Å². The van der Waals surface area contributed by atoms with Gasteiger partial charge in [-0.3, -0.25) is 19.2 Å². The number of imide groups is 1. The highest BCUT2D eigenvalue weighted by Gasteiger charge is 2.72. The Balaban J connectivity index is 1.73. The summed E-state index contributed by atoms with van der Waals surface area (Å²) in [6.45, 7) is 3.99. The molecular formula is C22H20ClNO9. The predicted octanol–water partition coefficient (Wildman–Crippen LogP) is 1.78. The van der Waals surface area contributed by atoms with Crippen molar-refractivity contribution < 1.29 is 42.9 Å². The lowest BCUT2D eigenvalue weighted by atomic mass is 9.76. The molecule has 4 rings (SSSR count). The zero-order chi connectivity index (χ0) is 24.1. The Morgan fingerprint density at radius 1 is 1.15 bits per heavy atom. The van der Waals surface area contributed by atoms with Crippen LogP contribution in [0.15, 0.2) is 30.4 Å². The van der Waals surface area contributed by atoms with E-state index in [-0.39, 0.29) is 22.9 Å². The summed E-state index contributed by atoms with van der Waals surface area (Å²) >= 11 is 6.10. The summed E-state index contributed by atoms with van der Waals surface area (Å²) in [5.74, 6) is -5.49. The maximum absolute atomic E-state index is 13.5. The van der Waals surface area contributed by atoms with Crippen LogP contribution in [0.3, 0.4) is 0 Å². The standard InChI is InChI=1S/C22H20ClNO9/c1-4-30-20(29)13-9-12(5-6-14(13)23)24-18(27)16-15-7-8-22(33-15,17(16)19(24)28)21(31-10(2)25)32-11(3)26/h5-9,15-17,21H,4H2,1-3H3/t15-,16-,17-,22+/m0/s1. The van der Waals surface area contributed by atoms with Crippen molar-refractivity contribution in [2.45, 2.75) is 38.8 Å². The molecular weight excluding hydrogens is 458 g/mol. The van der Waals surface area contributed by atoms with Gasteiger partial charge in [-0.1, -0.05) is 17.7 Å². The van der Waals surface area contributed by atoms with Gasteiger partial charge in [0.1, 0.15) is 0 Å². The van der Waals surface area contributed by atoms with Crippen molar-refractivity contribution in [3.8, 4) is 0 Å². The number of fused-ring (bicyclic) bond motifs is 5. The van der Waals surface area contributed by atoms with Crippen LogP contribution in [0.5, 0.6) is 0 Å². The number of anilines is 1. The lowest BCUT2D eigenvalue weighted by Gasteiger charge is -2.34. The Bertz CT molecular complexity index is 1080. The van der Waals surface area contributed by atoms with Gasteiger partial charge in [-0.25, -0.2) is 9.69 Å². The molecule has 0 aliphatic carbocycles. The molecule has 0 saturated carbocycles. The Hall–Kier alpha value is -3.24. The molecule has 4 atom stereocenters. The number of nitrogens with zero attached hydrogens (tertiary/aromatic N) is 1. The third-order valence-electron chi connectivity index (χ3n) is 5.70. The van der Waals surface area contributed by atoms with Crippen molar-refractivity contribution in [2.75, 3.05) is 11.5 Å². The minimum Gasteiger partial charge on any atom is -0.462 e. The number of hydrogen-bond acceptors (Lipinski definition) is 9. The van der Waals surface area contributed by atoms with Gasteiger partial charge in [0.25, 0.3) is 6.29 Å². The number of rotatable bonds is 6. The molecule has 2 bridgehead atoms. The van der Waals surface area contributed by atoms with Crippen LogP contribution in [0.2, 0.25) is 5.02 Å². The second-order valence-corrected chi connectivity index (χ2v) is 8.15. The Morgan fingerprint density at radius 2 is 1.82 bits per heavy atom. The molecule has 33 heavy (non-hydrogen) atoms. The summed E-state index contributed by atoms with van der Waals surface area (Å²) in [6, 6.07) is 4.12. The van der Waals surface area contributed by atoms with Gasteiger partial charge in [-0.05, 0) is 31.2 Å². The van der Waals surface area contributed by atoms with Gasteiger partial charge in [0.2, 0.25) is 11.8 Å². The summed E-state index contributed by atoms with van der Waals surface area (Å²) in [7, 11) is 0. The molecule has 1 aromatic rings. The average molecular weight is 478 g/mol. The Kier molecular flexibility index (Phi) is 5.75. The first-order chi connectivity index (χ1) is 15.6. The number of carbonyl (C=O) groups is 5. The zero-order valence-corrected chi connectivity index (χ0v) is 18.7. The Labute approximate surface area is 193 Å². The van der Waals surface area contributed by atoms with Crippen molar-refractivity contribution >= 4 is 47.0 Å². The maximum atomic E-state index is 13.5. The van der Waals surface area contributed by atoms with Gasteiger partial charge < -0.3 is 18.9 Å². The second kappa shape index (κ2) is 8.27. The number of esters is 3. The lowest BCUT2D eigenvalue weighted by molar-refractivity contribution is -0.226. The molecule has 0 N–H and O–H groups in total. The Morgan fingerprint density at radius 3 is 2.42 bits per heavy atom. The molecule has 174 valence electrons. The van der Waals surface area contributed by atoms with E-state index >= 15 is 0 Å². The van der Waals surface area contributed by atoms with E-state index in [1.165, 1.54) is 24.3 Å². The zero-order valence-electron chi connectivity index (χ0n) is 17.9. The smallest absolute Gasteiger partial charge is 0.339 e. The van der Waals surface area contributed by atoms with E-state index in [1.54, 1.807) is 13.0 Å². The molecule has 0 aromatic heterocycles. The number of halogens is 1. The first kappa shape index (κ1) is 22.9. The quantitative estimate of drug-likeness (QED) is 0.261. The number of hydrogen-bond donors (Lipinski definition) is 0. The molecule has 3 heterocycles. The van der Waals surface area contributed by atoms with Gasteiger partial charge in [-0.2, -0.15) is 0 Å². The molecule has 2 fully saturated rings. The number of amides is 2. The molecule has 10 nitrogen and oxygen atoms in total. The van der Waals surface area contributed by atoms with Crippen LogP contribution < -0.4 is 4.90 Å². The van der Waals surface area contributed by atoms with Crippen molar-refractivity contribution in [1.29, 1.82) is 0 Å². The first-order valence-corrected chi connectivity index (χ1v) is 10.5. The lowest BCUT2D eigenvalue weighted by Crippen LogP contribution is -2.52. The van der Waals surface area contributed by atoms with E-state index in [1.807, 2.05) is 0 Å². The van der Waals surface area contributed by atoms with Crippen LogP contribution >= 0.6 is 11.6 Å². The van der Waals surface area contributed by atoms with Crippen LogP contribution in [-0.2, 0) is 38.1 Å². The van der Waals surface area contributed by atoms with E-state index in [2.05, 4.69) is 0 Å². The van der Waals surface area contributed by atoms with Gasteiger partial charge in [-0.15, -0.1) is 0 Å². The second-order valence-electron chi connectivity index (χ2n) is 7.75. The molecule has 3 aliphatic rings. The van der Waals surface area contributed by atoms with E-state index in [4.69, 9.17) is 30.5 Å². The number of ether oxygens (including phenoxy) is 4. The highest BCUT2D eigenvalue weighted by Crippen LogP contribution is 2.54. The fourth-order valence-electron chi connectivity index (χ4n) is 4.49. The third-order valence-corrected chi connectivity index (χ3v) is 6.03. The van der Waals surface area contributed by atoms with Gasteiger partial charge >= 0.3 is 17.9 Å². The third kappa shape index (κ3) is 3.59. The van der Waals surface area contributed by atoms with Crippen molar-refractivity contribution in [3.05, 3.63) is 40.9 Å². The van der Waals surface area contributed by atoms with Crippen LogP contribution in [0.1, 0.15) is 31.1 Å². The molecule has 0 radical (unpaired) electrons. The highest BCUT2D eigenvalue weighted by molar-refractivity contribution is 6.34. The minimum atomic E-state index is -1.66. The van der Waals surface area contributed by atoms with Crippen molar-refractivity contribution in [1.82, 2.24) is 0 Å². The predicted molar refractivity (Wildman–Crippen MR) is 111 cm³/mol. The van der Waals surface area contributed by atoms with Gasteiger partial charge in [0, 0.05) is 13.8 Å². The molecule has 2 amide bonds. The summed E-state index contributed by atoms with van der Waals surface area (Å²) in [5.41, 5.74) is -1.54. The van der Waals surface area contributed by atoms with Crippen LogP contribution in [0.4, 0.5) is 5.69 Å². The molecule has 2 saturated heterocycles. The highest BCUT2D eigenvalue weighted by atomic mass is 35.5. The van der Waals surface area contributed by atoms with Crippen LogP contribution in [-0.4, -0.2) is 54.3 Å². The van der Waals surface area contributed by atoms with Crippen molar-refractivity contribution in [3.63, 3.8) is 0 Å². The molecule has 3 aliphatic heterocycles. The average Bonchev–Trinajstić information content (AvgIpc) is 3.39. The van der Waals surface area contributed by atoms with E-state index < -0.39 is 59.6 Å². The van der Waals surface area contributed by atoms with Gasteiger partial charge in [0.15, 0.2) is 5.60 Å². The monoisotopic (exact) mass is 477 g/mol. The summed E-state index contributed by atoms with van der Waals surface area (Å²) in [5, 5.41) is 0.0998. The molecule has 0 spiro atoms. The van der Waals surface area contributed by atoms with Gasteiger partial charge in [0.05, 0.1) is 40.8 Å². The fourth-order valence-corrected chi connectivity index (χ4v) is 4.68. The number of carbonyl (C=O) groups excluding carboxylic acids is 5. The van der Waals surface area contributed by atoms with Crippen LogP contribution in [0, 0.1) is 11.8 Å². The summed E-state index contributed by atoms with van der Waals surface area (Å²) < 4.78 is 21.2. The normalized spacial score (nSPS) is 27.2. The maximum Gasteiger partial charge on any atom is 0.339 e. The summed E-state index contributed by atoms with van der Waals surface area (Å²) in [4.78, 5) is 63.3. The largest absolute Gasteiger partial charge is 0.462 e. The SMILES string of the molecule is CCOC(=O)c1cc(N2C(=O)[C@H]3[C@@H]4C=C[C@@](C(OC(C)=O)OC(C)=O)(O4)[C@@H]3C2=O)ccc1Cl. The topological polar surface area (TPSA) is 126 Å². The molecule has 1 aromatic carbocycles. The first-order valence-electron chi connectivity index (χ1n) is 10.2. The summed E-state index contributed by atoms with van der Waals surface area (Å²) in [6.07, 6.45) is 0.695. The van der Waals surface area contributed by atoms with Crippen molar-refractivity contribution in [2.24, 2.45) is 11.8 Å². The number of benzene rings is 1. The molecule has 11 heteroatoms. The minimum absolute atomic E-state index is 0.00145. The van der Waals surface area contributed by atoms with E-state index in [9.17, 15) is 24.0 Å². The van der Waals surface area contributed by atoms with E-state index in [0.717, 1.165) is 18.7 Å². The molecule has 0 unspecified atom stereocenters. The fraction of sp³-hybridized carbons (Fsp3) is 0.409.